The molecule has 2 heterocycles. The van der Waals surface area contributed by atoms with E-state index in [1.807, 2.05) is 0 Å². The van der Waals surface area contributed by atoms with Gasteiger partial charge in [0.15, 0.2) is 0 Å². The van der Waals surface area contributed by atoms with E-state index in [-0.39, 0.29) is 22.0 Å². The molecule has 0 fully saturated rings. The van der Waals surface area contributed by atoms with Crippen LogP contribution in [0.15, 0.2) is 41.5 Å². The zero-order valence-corrected chi connectivity index (χ0v) is 16.8. The Kier molecular flexibility index (Phi) is 6.18. The first kappa shape index (κ1) is 20.1. The highest BCUT2D eigenvalue weighted by atomic mass is 35.5. The summed E-state index contributed by atoms with van der Waals surface area (Å²) >= 11 is 18.0. The summed E-state index contributed by atoms with van der Waals surface area (Å²) in [6.45, 7) is 1.66. The fraction of sp³-hybridized carbons (Fsp3) is 0.111. The number of benzene rings is 1. The van der Waals surface area contributed by atoms with Gasteiger partial charge in [0.1, 0.15) is 5.82 Å². The van der Waals surface area contributed by atoms with E-state index in [1.54, 1.807) is 31.5 Å². The standard InChI is InChI=1S/C18H14Cl3N5O2/c1-9-12(18(28)24-17(23-9)10-3-2-4-22-8-10)7-15(27)25-26-16-13(20)5-11(19)6-14(16)21/h2-6,8,26H,7H2,1H3,(H,25,27)(H,23,24,28). The minimum absolute atomic E-state index is 0.183. The quantitative estimate of drug-likeness (QED) is 0.526. The fourth-order valence-electron chi connectivity index (χ4n) is 2.46. The number of aromatic amines is 1. The van der Waals surface area contributed by atoms with Crippen molar-refractivity contribution in [2.45, 2.75) is 13.3 Å². The maximum absolute atomic E-state index is 12.4. The molecule has 144 valence electrons. The number of nitrogens with zero attached hydrogens (tertiary/aromatic N) is 2. The molecule has 2 aromatic heterocycles. The van der Waals surface area contributed by atoms with Crippen molar-refractivity contribution >= 4 is 46.4 Å². The molecule has 0 aliphatic heterocycles. The molecule has 0 radical (unpaired) electrons. The van der Waals surface area contributed by atoms with Crippen LogP contribution in [-0.2, 0) is 11.2 Å². The second-order valence-corrected chi connectivity index (χ2v) is 7.07. The third-order valence-electron chi connectivity index (χ3n) is 3.83. The average Bonchev–Trinajstić information content (AvgIpc) is 2.64. The zero-order valence-electron chi connectivity index (χ0n) is 14.5. The van der Waals surface area contributed by atoms with E-state index in [0.29, 0.717) is 27.8 Å². The second kappa shape index (κ2) is 8.60. The number of aryl methyl sites for hydroxylation is 1. The van der Waals surface area contributed by atoms with Crippen LogP contribution in [0.4, 0.5) is 5.69 Å². The Hall–Kier alpha value is -2.61. The average molecular weight is 439 g/mol. The largest absolute Gasteiger partial charge is 0.306 e. The number of hydrogen-bond donors (Lipinski definition) is 3. The van der Waals surface area contributed by atoms with Crippen molar-refractivity contribution in [3.8, 4) is 11.4 Å². The summed E-state index contributed by atoms with van der Waals surface area (Å²) in [6.07, 6.45) is 3.03. The third-order valence-corrected chi connectivity index (χ3v) is 4.64. The van der Waals surface area contributed by atoms with Gasteiger partial charge in [-0.1, -0.05) is 34.8 Å². The Morgan fingerprint density at radius 1 is 1.21 bits per heavy atom. The molecule has 1 amide bonds. The number of aromatic nitrogens is 3. The van der Waals surface area contributed by atoms with Crippen LogP contribution in [0.5, 0.6) is 0 Å². The van der Waals surface area contributed by atoms with Crippen molar-refractivity contribution in [1.82, 2.24) is 20.4 Å². The van der Waals surface area contributed by atoms with Crippen LogP contribution in [0, 0.1) is 6.92 Å². The number of hydrogen-bond acceptors (Lipinski definition) is 5. The summed E-state index contributed by atoms with van der Waals surface area (Å²) < 4.78 is 0. The molecule has 0 saturated heterocycles. The van der Waals surface area contributed by atoms with E-state index in [2.05, 4.69) is 25.8 Å². The number of halogens is 3. The molecule has 1 aromatic carbocycles. The Bertz CT molecular complexity index is 1060. The molecule has 0 atom stereocenters. The van der Waals surface area contributed by atoms with Gasteiger partial charge in [-0.3, -0.25) is 25.4 Å². The van der Waals surface area contributed by atoms with Crippen LogP contribution in [0.1, 0.15) is 11.3 Å². The molecule has 3 rings (SSSR count). The molecule has 3 N–H and O–H groups in total. The van der Waals surface area contributed by atoms with Gasteiger partial charge in [0, 0.05) is 34.2 Å². The zero-order chi connectivity index (χ0) is 20.3. The summed E-state index contributed by atoms with van der Waals surface area (Å²) in [4.78, 5) is 35.7. The highest BCUT2D eigenvalue weighted by Gasteiger charge is 2.15. The minimum Gasteiger partial charge on any atom is -0.306 e. The molecule has 0 spiro atoms. The van der Waals surface area contributed by atoms with Gasteiger partial charge in [-0.25, -0.2) is 4.98 Å². The van der Waals surface area contributed by atoms with Crippen molar-refractivity contribution in [3.63, 3.8) is 0 Å². The van der Waals surface area contributed by atoms with Gasteiger partial charge in [-0.2, -0.15) is 0 Å². The van der Waals surface area contributed by atoms with Crippen molar-refractivity contribution < 1.29 is 4.79 Å². The highest BCUT2D eigenvalue weighted by molar-refractivity contribution is 6.41. The number of carbonyl (C=O) groups excluding carboxylic acids is 1. The maximum atomic E-state index is 12.4. The molecular weight excluding hydrogens is 425 g/mol. The number of rotatable bonds is 5. The summed E-state index contributed by atoms with van der Waals surface area (Å²) in [5.74, 6) is -0.0794. The smallest absolute Gasteiger partial charge is 0.255 e. The van der Waals surface area contributed by atoms with E-state index < -0.39 is 11.5 Å². The first-order valence-electron chi connectivity index (χ1n) is 8.04. The van der Waals surface area contributed by atoms with E-state index in [0.717, 1.165) is 0 Å². The van der Waals surface area contributed by atoms with Crippen LogP contribution < -0.4 is 16.4 Å². The van der Waals surface area contributed by atoms with Crippen LogP contribution >= 0.6 is 34.8 Å². The van der Waals surface area contributed by atoms with Crippen LogP contribution in [0.2, 0.25) is 15.1 Å². The van der Waals surface area contributed by atoms with Crippen LogP contribution in [0.3, 0.4) is 0 Å². The Labute approximate surface area is 175 Å². The van der Waals surface area contributed by atoms with E-state index in [4.69, 9.17) is 34.8 Å². The topological polar surface area (TPSA) is 99.8 Å². The van der Waals surface area contributed by atoms with Gasteiger partial charge in [0.25, 0.3) is 5.56 Å². The van der Waals surface area contributed by atoms with Crippen molar-refractivity contribution in [2.24, 2.45) is 0 Å². The molecule has 0 aliphatic rings. The van der Waals surface area contributed by atoms with Crippen molar-refractivity contribution in [2.75, 3.05) is 5.43 Å². The summed E-state index contributed by atoms with van der Waals surface area (Å²) in [6, 6.07) is 6.49. The highest BCUT2D eigenvalue weighted by Crippen LogP contribution is 2.33. The monoisotopic (exact) mass is 437 g/mol. The van der Waals surface area contributed by atoms with Gasteiger partial charge in [0.05, 0.1) is 22.2 Å². The molecule has 0 saturated carbocycles. The SMILES string of the molecule is Cc1nc(-c2cccnc2)[nH]c(=O)c1CC(=O)NNc1c(Cl)cc(Cl)cc1Cl. The lowest BCUT2D eigenvalue weighted by molar-refractivity contribution is -0.120. The number of nitrogens with one attached hydrogen (secondary N) is 3. The number of anilines is 1. The molecule has 28 heavy (non-hydrogen) atoms. The first-order valence-corrected chi connectivity index (χ1v) is 9.18. The molecular formula is C18H14Cl3N5O2. The Balaban J connectivity index is 1.73. The molecule has 10 heteroatoms. The summed E-state index contributed by atoms with van der Waals surface area (Å²) in [5, 5.41) is 0.859. The van der Waals surface area contributed by atoms with Gasteiger partial charge < -0.3 is 4.98 Å². The van der Waals surface area contributed by atoms with Gasteiger partial charge >= 0.3 is 0 Å². The molecule has 3 aromatic rings. The predicted molar refractivity (Wildman–Crippen MR) is 110 cm³/mol. The van der Waals surface area contributed by atoms with Crippen LogP contribution in [-0.4, -0.2) is 20.9 Å². The van der Waals surface area contributed by atoms with E-state index >= 15 is 0 Å². The molecule has 0 bridgehead atoms. The Morgan fingerprint density at radius 3 is 2.54 bits per heavy atom. The van der Waals surface area contributed by atoms with Gasteiger partial charge in [-0.05, 0) is 31.2 Å². The lowest BCUT2D eigenvalue weighted by Gasteiger charge is -2.12. The molecule has 7 nitrogen and oxygen atoms in total. The maximum Gasteiger partial charge on any atom is 0.255 e. The number of carbonyl (C=O) groups is 1. The molecule has 0 aliphatic carbocycles. The number of pyridine rings is 1. The fourth-order valence-corrected chi connectivity index (χ4v) is 3.37. The third kappa shape index (κ3) is 4.62. The predicted octanol–water partition coefficient (Wildman–Crippen LogP) is 3.79. The van der Waals surface area contributed by atoms with Crippen molar-refractivity contribution in [1.29, 1.82) is 0 Å². The van der Waals surface area contributed by atoms with Crippen molar-refractivity contribution in [3.05, 3.63) is 73.3 Å². The normalized spacial score (nSPS) is 10.6. The minimum atomic E-state index is -0.466. The van der Waals surface area contributed by atoms with E-state index in [1.165, 1.54) is 12.1 Å². The number of H-pyrrole nitrogens is 1. The van der Waals surface area contributed by atoms with Gasteiger partial charge in [-0.15, -0.1) is 0 Å². The molecule has 0 unspecified atom stereocenters. The first-order chi connectivity index (χ1) is 13.3. The second-order valence-electron chi connectivity index (χ2n) is 5.81. The number of hydrazine groups is 1. The number of amides is 1. The Morgan fingerprint density at radius 2 is 1.93 bits per heavy atom. The lowest BCUT2D eigenvalue weighted by Crippen LogP contribution is -2.33. The lowest BCUT2D eigenvalue weighted by atomic mass is 10.1. The van der Waals surface area contributed by atoms with E-state index in [9.17, 15) is 9.59 Å². The van der Waals surface area contributed by atoms with Crippen LogP contribution in [0.25, 0.3) is 11.4 Å². The summed E-state index contributed by atoms with van der Waals surface area (Å²) in [7, 11) is 0. The van der Waals surface area contributed by atoms with Gasteiger partial charge in [0.2, 0.25) is 5.91 Å². The summed E-state index contributed by atoms with van der Waals surface area (Å²) in [5.41, 5.74) is 6.37.